The number of carbonyl (C=O) groups is 2. The summed E-state index contributed by atoms with van der Waals surface area (Å²) < 4.78 is 17.5. The van der Waals surface area contributed by atoms with Crippen LogP contribution in [0.15, 0.2) is 60.8 Å². The second kappa shape index (κ2) is 58.9. The first-order valence-electron chi connectivity index (χ1n) is 29.8. The van der Waals surface area contributed by atoms with Gasteiger partial charge in [0.1, 0.15) is 6.61 Å². The molecule has 5 heteroatoms. The third-order valence-corrected chi connectivity index (χ3v) is 13.0. The van der Waals surface area contributed by atoms with Gasteiger partial charge in [0.2, 0.25) is 0 Å². The Labute approximate surface area is 424 Å². The average molecular weight is 952 g/mol. The van der Waals surface area contributed by atoms with Crippen LogP contribution in [0.2, 0.25) is 0 Å². The Hall–Kier alpha value is -2.40. The van der Waals surface area contributed by atoms with Gasteiger partial charge in [-0.1, -0.05) is 242 Å². The van der Waals surface area contributed by atoms with E-state index in [1.807, 2.05) is 0 Å². The summed E-state index contributed by atoms with van der Waals surface area (Å²) in [6, 6.07) is 0. The van der Waals surface area contributed by atoms with Crippen molar-refractivity contribution in [2.45, 2.75) is 309 Å². The van der Waals surface area contributed by atoms with E-state index in [-0.39, 0.29) is 25.2 Å². The number of esters is 2. The predicted octanol–water partition coefficient (Wildman–Crippen LogP) is 20.5. The molecule has 5 nitrogen and oxygen atoms in total. The summed E-state index contributed by atoms with van der Waals surface area (Å²) >= 11 is 0. The molecule has 0 saturated carbocycles. The van der Waals surface area contributed by atoms with Crippen LogP contribution in [0.25, 0.3) is 0 Å². The van der Waals surface area contributed by atoms with E-state index < -0.39 is 6.10 Å². The van der Waals surface area contributed by atoms with Crippen molar-refractivity contribution in [3.63, 3.8) is 0 Å². The Balaban J connectivity index is 4.23. The Bertz CT molecular complexity index is 1170. The van der Waals surface area contributed by atoms with Crippen LogP contribution in [0.1, 0.15) is 303 Å². The lowest BCUT2D eigenvalue weighted by Crippen LogP contribution is -2.30. The second-order valence-corrected chi connectivity index (χ2v) is 19.9. The average Bonchev–Trinajstić information content (AvgIpc) is 3.34. The molecule has 396 valence electrons. The quantitative estimate of drug-likeness (QED) is 0.0345. The summed E-state index contributed by atoms with van der Waals surface area (Å²) in [5, 5.41) is 0. The summed E-state index contributed by atoms with van der Waals surface area (Å²) in [6.07, 6.45) is 75.3. The summed E-state index contributed by atoms with van der Waals surface area (Å²) in [7, 11) is 0. The fourth-order valence-electron chi connectivity index (χ4n) is 8.51. The molecule has 0 N–H and O–H groups in total. The Morgan fingerprint density at radius 1 is 0.324 bits per heavy atom. The van der Waals surface area contributed by atoms with Crippen LogP contribution in [0.4, 0.5) is 0 Å². The fraction of sp³-hybridized carbons (Fsp3) is 0.810. The lowest BCUT2D eigenvalue weighted by molar-refractivity contribution is -0.163. The molecule has 0 bridgehead atoms. The van der Waals surface area contributed by atoms with Crippen LogP contribution in [0, 0.1) is 0 Å². The molecule has 0 saturated heterocycles. The third kappa shape index (κ3) is 56.2. The van der Waals surface area contributed by atoms with Gasteiger partial charge in [-0.2, -0.15) is 0 Å². The van der Waals surface area contributed by atoms with Crippen molar-refractivity contribution < 1.29 is 23.8 Å². The molecule has 0 aliphatic rings. The van der Waals surface area contributed by atoms with Crippen molar-refractivity contribution in [3.05, 3.63) is 60.8 Å². The zero-order valence-electron chi connectivity index (χ0n) is 45.6. The van der Waals surface area contributed by atoms with Gasteiger partial charge in [-0.05, 0) is 109 Å². The second-order valence-electron chi connectivity index (χ2n) is 19.9. The van der Waals surface area contributed by atoms with Gasteiger partial charge in [-0.15, -0.1) is 0 Å². The lowest BCUT2D eigenvalue weighted by atomic mass is 10.1. The molecular weight excluding hydrogens is 837 g/mol. The maximum absolute atomic E-state index is 12.8. The van der Waals surface area contributed by atoms with E-state index in [9.17, 15) is 9.59 Å². The van der Waals surface area contributed by atoms with Gasteiger partial charge in [0.05, 0.1) is 6.61 Å². The van der Waals surface area contributed by atoms with Crippen molar-refractivity contribution in [2.24, 2.45) is 0 Å². The normalized spacial score (nSPS) is 12.6. The molecule has 0 heterocycles. The molecule has 0 spiro atoms. The number of ether oxygens (including phenoxy) is 3. The number of unbranched alkanes of at least 4 members (excludes halogenated alkanes) is 34. The zero-order valence-corrected chi connectivity index (χ0v) is 45.6. The van der Waals surface area contributed by atoms with E-state index in [0.29, 0.717) is 19.4 Å². The Morgan fingerprint density at radius 2 is 0.618 bits per heavy atom. The Morgan fingerprint density at radius 3 is 1.01 bits per heavy atom. The van der Waals surface area contributed by atoms with E-state index in [2.05, 4.69) is 81.5 Å². The van der Waals surface area contributed by atoms with E-state index in [1.165, 1.54) is 205 Å². The van der Waals surface area contributed by atoms with Crippen molar-refractivity contribution in [3.8, 4) is 0 Å². The monoisotopic (exact) mass is 951 g/mol. The topological polar surface area (TPSA) is 61.8 Å². The molecule has 0 fully saturated rings. The zero-order chi connectivity index (χ0) is 49.2. The molecular formula is C63H114O5. The minimum Gasteiger partial charge on any atom is -0.462 e. The minimum atomic E-state index is -0.545. The van der Waals surface area contributed by atoms with Gasteiger partial charge in [0.15, 0.2) is 6.10 Å². The largest absolute Gasteiger partial charge is 0.462 e. The molecule has 1 atom stereocenters. The smallest absolute Gasteiger partial charge is 0.306 e. The third-order valence-electron chi connectivity index (χ3n) is 13.0. The summed E-state index contributed by atoms with van der Waals surface area (Å²) in [5.41, 5.74) is 0. The highest BCUT2D eigenvalue weighted by atomic mass is 16.6. The molecule has 0 amide bonds. The van der Waals surface area contributed by atoms with Gasteiger partial charge in [-0.25, -0.2) is 0 Å². The first kappa shape index (κ1) is 65.6. The number of allylic oxidation sites excluding steroid dienone is 10. The maximum Gasteiger partial charge on any atom is 0.306 e. The van der Waals surface area contributed by atoms with Crippen molar-refractivity contribution >= 4 is 11.9 Å². The Kier molecular flexibility index (Phi) is 56.8. The maximum atomic E-state index is 12.8. The molecule has 0 radical (unpaired) electrons. The first-order chi connectivity index (χ1) is 33.6. The highest BCUT2D eigenvalue weighted by Crippen LogP contribution is 2.15. The van der Waals surface area contributed by atoms with E-state index in [4.69, 9.17) is 14.2 Å². The van der Waals surface area contributed by atoms with Crippen LogP contribution in [0.5, 0.6) is 0 Å². The highest BCUT2D eigenvalue weighted by Gasteiger charge is 2.17. The van der Waals surface area contributed by atoms with E-state index in [0.717, 1.165) is 64.2 Å². The van der Waals surface area contributed by atoms with Crippen molar-refractivity contribution in [2.75, 3.05) is 19.8 Å². The van der Waals surface area contributed by atoms with Crippen LogP contribution in [-0.2, 0) is 23.8 Å². The van der Waals surface area contributed by atoms with Crippen LogP contribution < -0.4 is 0 Å². The highest BCUT2D eigenvalue weighted by molar-refractivity contribution is 5.70. The summed E-state index contributed by atoms with van der Waals surface area (Å²) in [5.74, 6) is -0.402. The number of carbonyl (C=O) groups excluding carboxylic acids is 2. The van der Waals surface area contributed by atoms with Gasteiger partial charge in [0.25, 0.3) is 0 Å². The predicted molar refractivity (Wildman–Crippen MR) is 298 cm³/mol. The number of rotatable bonds is 55. The standard InChI is InChI=1S/C63H114O5/c1-4-7-10-13-16-19-22-25-27-29-31-33-35-37-40-43-46-49-52-55-58-66-59-61(68-63(65)57-54-51-48-45-42-38-24-21-18-15-12-9-6-3)60-67-62(64)56-53-50-47-44-41-39-36-34-32-30-28-26-23-20-17-14-11-8-5-2/h16-17,19-21,24-28,61H,4-15,18,22-23,29-60H2,1-3H3/b19-16-,20-17-,24-21-,27-25-,28-26-. The molecule has 68 heavy (non-hydrogen) atoms. The van der Waals surface area contributed by atoms with E-state index in [1.54, 1.807) is 0 Å². The molecule has 0 aliphatic heterocycles. The van der Waals surface area contributed by atoms with Crippen LogP contribution in [-0.4, -0.2) is 37.9 Å². The molecule has 0 rings (SSSR count). The summed E-state index contributed by atoms with van der Waals surface area (Å²) in [6.45, 7) is 7.79. The van der Waals surface area contributed by atoms with Gasteiger partial charge in [0, 0.05) is 19.4 Å². The molecule has 0 aromatic rings. The van der Waals surface area contributed by atoms with Gasteiger partial charge < -0.3 is 14.2 Å². The molecule has 1 unspecified atom stereocenters. The molecule has 0 aliphatic carbocycles. The fourth-order valence-corrected chi connectivity index (χ4v) is 8.51. The van der Waals surface area contributed by atoms with E-state index >= 15 is 0 Å². The van der Waals surface area contributed by atoms with Gasteiger partial charge in [-0.3, -0.25) is 9.59 Å². The minimum absolute atomic E-state index is 0.0796. The van der Waals surface area contributed by atoms with Gasteiger partial charge >= 0.3 is 11.9 Å². The number of hydrogen-bond acceptors (Lipinski definition) is 5. The first-order valence-corrected chi connectivity index (χ1v) is 29.8. The molecule has 0 aromatic carbocycles. The lowest BCUT2D eigenvalue weighted by Gasteiger charge is -2.18. The van der Waals surface area contributed by atoms with Crippen molar-refractivity contribution in [1.82, 2.24) is 0 Å². The number of hydrogen-bond donors (Lipinski definition) is 0. The SMILES string of the molecule is CCCCC/C=C\C/C=C\CCCCCCCCCCCCOCC(COC(=O)CCCCCCCCCCC/C=C\C/C=C\CCCCC)OC(=O)CCCCCCC/C=C\CCCCCC. The van der Waals surface area contributed by atoms with Crippen LogP contribution in [0.3, 0.4) is 0 Å². The molecule has 0 aromatic heterocycles. The van der Waals surface area contributed by atoms with Crippen LogP contribution >= 0.6 is 0 Å². The van der Waals surface area contributed by atoms with Crippen molar-refractivity contribution in [1.29, 1.82) is 0 Å². The summed E-state index contributed by atoms with van der Waals surface area (Å²) in [4.78, 5) is 25.5.